The molecule has 1 aromatic carbocycles. The van der Waals surface area contributed by atoms with Crippen molar-refractivity contribution >= 4 is 40.0 Å². The van der Waals surface area contributed by atoms with Crippen molar-refractivity contribution in [3.63, 3.8) is 0 Å². The summed E-state index contributed by atoms with van der Waals surface area (Å²) in [5.41, 5.74) is 1.06. The first-order valence-electron chi connectivity index (χ1n) is 6.08. The zero-order chi connectivity index (χ0) is 13.9. The number of halogens is 1. The van der Waals surface area contributed by atoms with Crippen molar-refractivity contribution in [2.75, 3.05) is 26.7 Å². The SMILES string of the molecule is CN1CCN=C1NCCc1ccc(S(N)(=O)=O)cc1.I. The number of primary sulfonamides is 1. The van der Waals surface area contributed by atoms with Crippen molar-refractivity contribution in [1.82, 2.24) is 10.2 Å². The Kier molecular flexibility index (Phi) is 6.21. The van der Waals surface area contributed by atoms with Crippen molar-refractivity contribution in [2.45, 2.75) is 11.3 Å². The van der Waals surface area contributed by atoms with E-state index in [-0.39, 0.29) is 28.9 Å². The molecular formula is C12H19IN4O2S. The van der Waals surface area contributed by atoms with Gasteiger partial charge in [0.05, 0.1) is 11.4 Å². The summed E-state index contributed by atoms with van der Waals surface area (Å²) < 4.78 is 22.2. The maximum absolute atomic E-state index is 11.1. The minimum Gasteiger partial charge on any atom is -0.356 e. The second kappa shape index (κ2) is 7.23. The molecule has 1 aromatic rings. The maximum Gasteiger partial charge on any atom is 0.238 e. The largest absolute Gasteiger partial charge is 0.356 e. The Balaban J connectivity index is 0.00000200. The van der Waals surface area contributed by atoms with E-state index in [4.69, 9.17) is 5.14 Å². The van der Waals surface area contributed by atoms with E-state index in [1.807, 2.05) is 7.05 Å². The highest BCUT2D eigenvalue weighted by atomic mass is 127. The number of guanidine groups is 1. The van der Waals surface area contributed by atoms with Crippen LogP contribution < -0.4 is 10.5 Å². The molecule has 3 N–H and O–H groups in total. The van der Waals surface area contributed by atoms with E-state index in [1.165, 1.54) is 12.1 Å². The number of rotatable bonds is 4. The van der Waals surface area contributed by atoms with E-state index in [1.54, 1.807) is 12.1 Å². The summed E-state index contributed by atoms with van der Waals surface area (Å²) in [5.74, 6) is 0.918. The van der Waals surface area contributed by atoms with Crippen LogP contribution >= 0.6 is 24.0 Å². The van der Waals surface area contributed by atoms with Crippen LogP contribution in [0.3, 0.4) is 0 Å². The third kappa shape index (κ3) is 4.60. The van der Waals surface area contributed by atoms with E-state index in [0.29, 0.717) is 0 Å². The van der Waals surface area contributed by atoms with Gasteiger partial charge in [0.2, 0.25) is 10.0 Å². The van der Waals surface area contributed by atoms with Gasteiger partial charge in [-0.1, -0.05) is 12.1 Å². The monoisotopic (exact) mass is 410 g/mol. The molecule has 0 bridgehead atoms. The van der Waals surface area contributed by atoms with Gasteiger partial charge in [0.1, 0.15) is 0 Å². The quantitative estimate of drug-likeness (QED) is 0.703. The molecule has 0 amide bonds. The Morgan fingerprint density at radius 1 is 1.35 bits per heavy atom. The molecule has 0 radical (unpaired) electrons. The zero-order valence-corrected chi connectivity index (χ0v) is 14.4. The van der Waals surface area contributed by atoms with Gasteiger partial charge in [0.25, 0.3) is 0 Å². The van der Waals surface area contributed by atoms with E-state index in [2.05, 4.69) is 15.2 Å². The molecule has 6 nitrogen and oxygen atoms in total. The second-order valence-electron chi connectivity index (χ2n) is 4.49. The Bertz CT molecular complexity index is 572. The molecule has 20 heavy (non-hydrogen) atoms. The highest BCUT2D eigenvalue weighted by Gasteiger charge is 2.11. The highest BCUT2D eigenvalue weighted by Crippen LogP contribution is 2.09. The van der Waals surface area contributed by atoms with Gasteiger partial charge in [-0.15, -0.1) is 24.0 Å². The van der Waals surface area contributed by atoms with E-state index >= 15 is 0 Å². The summed E-state index contributed by atoms with van der Waals surface area (Å²) in [6.45, 7) is 2.55. The van der Waals surface area contributed by atoms with Crippen molar-refractivity contribution in [2.24, 2.45) is 10.1 Å². The third-order valence-electron chi connectivity index (χ3n) is 3.01. The molecule has 0 spiro atoms. The summed E-state index contributed by atoms with van der Waals surface area (Å²) in [7, 11) is -1.60. The van der Waals surface area contributed by atoms with Gasteiger partial charge in [0, 0.05) is 20.1 Å². The fourth-order valence-corrected chi connectivity index (χ4v) is 2.40. The van der Waals surface area contributed by atoms with Crippen LogP contribution in [0.2, 0.25) is 0 Å². The number of likely N-dealkylation sites (N-methyl/N-ethyl adjacent to an activating group) is 1. The summed E-state index contributed by atoms with van der Waals surface area (Å²) in [5, 5.41) is 8.30. The van der Waals surface area contributed by atoms with Gasteiger partial charge in [-0.05, 0) is 24.1 Å². The molecule has 0 unspecified atom stereocenters. The Morgan fingerprint density at radius 3 is 2.50 bits per heavy atom. The summed E-state index contributed by atoms with van der Waals surface area (Å²) in [4.78, 5) is 6.55. The summed E-state index contributed by atoms with van der Waals surface area (Å²) in [6.07, 6.45) is 0.803. The minimum atomic E-state index is -3.60. The lowest BCUT2D eigenvalue weighted by Crippen LogP contribution is -2.36. The molecule has 2 rings (SSSR count). The molecular weight excluding hydrogens is 391 g/mol. The lowest BCUT2D eigenvalue weighted by molar-refractivity contribution is 0.534. The number of sulfonamides is 1. The molecule has 1 heterocycles. The molecule has 0 atom stereocenters. The first kappa shape index (κ1) is 17.2. The fraction of sp³-hybridized carbons (Fsp3) is 0.417. The van der Waals surface area contributed by atoms with Crippen molar-refractivity contribution in [1.29, 1.82) is 0 Å². The smallest absolute Gasteiger partial charge is 0.238 e. The summed E-state index contributed by atoms with van der Waals surface area (Å²) >= 11 is 0. The molecule has 112 valence electrons. The Morgan fingerprint density at radius 2 is 2.00 bits per heavy atom. The van der Waals surface area contributed by atoms with E-state index in [0.717, 1.165) is 37.6 Å². The van der Waals surface area contributed by atoms with Crippen LogP contribution in [0.1, 0.15) is 5.56 Å². The van der Waals surface area contributed by atoms with Crippen LogP contribution in [-0.4, -0.2) is 46.0 Å². The lowest BCUT2D eigenvalue weighted by atomic mass is 10.1. The molecule has 8 heteroatoms. The standard InChI is InChI=1S/C12H18N4O2S.HI/c1-16-9-8-15-12(16)14-7-6-10-2-4-11(5-3-10)19(13,17)18;/h2-5H,6-9H2,1H3,(H,14,15)(H2,13,17,18);1H. The van der Waals surface area contributed by atoms with Crippen molar-refractivity contribution in [3.05, 3.63) is 29.8 Å². The van der Waals surface area contributed by atoms with Crippen LogP contribution in [0.25, 0.3) is 0 Å². The van der Waals surface area contributed by atoms with Crippen LogP contribution in [0, 0.1) is 0 Å². The topological polar surface area (TPSA) is 87.8 Å². The predicted molar refractivity (Wildman–Crippen MR) is 89.9 cm³/mol. The summed E-state index contributed by atoms with van der Waals surface area (Å²) in [6, 6.07) is 6.62. The van der Waals surface area contributed by atoms with Gasteiger partial charge >= 0.3 is 0 Å². The van der Waals surface area contributed by atoms with Crippen LogP contribution in [0.4, 0.5) is 0 Å². The minimum absolute atomic E-state index is 0. The normalized spacial score (nSPS) is 14.7. The lowest BCUT2D eigenvalue weighted by Gasteiger charge is -2.15. The molecule has 0 aliphatic carbocycles. The average molecular weight is 410 g/mol. The van der Waals surface area contributed by atoms with Gasteiger partial charge in [-0.25, -0.2) is 13.6 Å². The predicted octanol–water partition coefficient (Wildman–Crippen LogP) is 0.386. The van der Waals surface area contributed by atoms with Gasteiger partial charge < -0.3 is 10.2 Å². The number of nitrogens with one attached hydrogen (secondary N) is 1. The van der Waals surface area contributed by atoms with Crippen LogP contribution in [-0.2, 0) is 16.4 Å². The number of aliphatic imine (C=N–C) groups is 1. The van der Waals surface area contributed by atoms with Gasteiger partial charge in [-0.2, -0.15) is 0 Å². The van der Waals surface area contributed by atoms with Crippen molar-refractivity contribution in [3.8, 4) is 0 Å². The molecule has 1 aliphatic heterocycles. The third-order valence-corrected chi connectivity index (χ3v) is 3.94. The zero-order valence-electron chi connectivity index (χ0n) is 11.2. The van der Waals surface area contributed by atoms with Gasteiger partial charge in [-0.3, -0.25) is 4.99 Å². The highest BCUT2D eigenvalue weighted by molar-refractivity contribution is 14.0. The Labute approximate surface area is 136 Å². The first-order chi connectivity index (χ1) is 8.97. The molecule has 1 aliphatic rings. The van der Waals surface area contributed by atoms with Crippen LogP contribution in [0.15, 0.2) is 34.2 Å². The molecule has 0 fully saturated rings. The van der Waals surface area contributed by atoms with Crippen LogP contribution in [0.5, 0.6) is 0 Å². The van der Waals surface area contributed by atoms with Crippen molar-refractivity contribution < 1.29 is 8.42 Å². The number of hydrogen-bond acceptors (Lipinski definition) is 5. The fourth-order valence-electron chi connectivity index (χ4n) is 1.89. The Hall–Kier alpha value is -0.870. The van der Waals surface area contributed by atoms with E-state index in [9.17, 15) is 8.42 Å². The second-order valence-corrected chi connectivity index (χ2v) is 6.05. The maximum atomic E-state index is 11.1. The first-order valence-corrected chi connectivity index (χ1v) is 7.62. The van der Waals surface area contributed by atoms with Gasteiger partial charge in [0.15, 0.2) is 5.96 Å². The molecule has 0 saturated carbocycles. The number of hydrogen-bond donors (Lipinski definition) is 2. The molecule has 0 saturated heterocycles. The number of benzene rings is 1. The van der Waals surface area contributed by atoms with E-state index < -0.39 is 10.0 Å². The molecule has 0 aromatic heterocycles. The average Bonchev–Trinajstić information content (AvgIpc) is 2.75. The number of nitrogens with two attached hydrogens (primary N) is 1. The number of nitrogens with zero attached hydrogens (tertiary/aromatic N) is 2.